The monoisotopic (exact) mass is 356 g/mol. The molecule has 7 heteroatoms. The van der Waals surface area contributed by atoms with Crippen molar-refractivity contribution < 1.29 is 19.4 Å². The second kappa shape index (κ2) is 7.31. The van der Waals surface area contributed by atoms with Gasteiger partial charge in [0, 0.05) is 11.6 Å². The quantitative estimate of drug-likeness (QED) is 0.822. The molecule has 128 valence electrons. The highest BCUT2D eigenvalue weighted by Gasteiger charge is 2.24. The Hall–Kier alpha value is -2.93. The molecule has 1 aliphatic rings. The minimum atomic E-state index is -0.242. The van der Waals surface area contributed by atoms with Crippen molar-refractivity contribution in [3.8, 4) is 17.2 Å². The molecule has 1 fully saturated rings. The zero-order chi connectivity index (χ0) is 17.8. The number of benzene rings is 2. The summed E-state index contributed by atoms with van der Waals surface area (Å²) >= 11 is 1.22. The number of aromatic hydroxyl groups is 1. The fourth-order valence-electron chi connectivity index (χ4n) is 2.33. The number of rotatable bonds is 4. The van der Waals surface area contributed by atoms with Gasteiger partial charge in [-0.15, -0.1) is 0 Å². The van der Waals surface area contributed by atoms with Gasteiger partial charge in [0.15, 0.2) is 16.7 Å². The average molecular weight is 356 g/mol. The van der Waals surface area contributed by atoms with Crippen LogP contribution in [0, 0.1) is 0 Å². The number of para-hydroxylation sites is 1. The molecule has 0 spiro atoms. The predicted octanol–water partition coefficient (Wildman–Crippen LogP) is 3.30. The Morgan fingerprint density at radius 2 is 1.96 bits per heavy atom. The van der Waals surface area contributed by atoms with Crippen LogP contribution >= 0.6 is 11.8 Å². The maximum Gasteiger partial charge on any atom is 0.264 e. The number of hydrogen-bond donors (Lipinski definition) is 2. The van der Waals surface area contributed by atoms with E-state index in [1.165, 1.54) is 17.8 Å². The molecule has 6 nitrogen and oxygen atoms in total. The predicted molar refractivity (Wildman–Crippen MR) is 98.5 cm³/mol. The Labute approximate surface area is 149 Å². The number of phenols is 1. The van der Waals surface area contributed by atoms with E-state index in [9.17, 15) is 9.90 Å². The second-order valence-electron chi connectivity index (χ2n) is 5.08. The molecule has 0 saturated carbocycles. The van der Waals surface area contributed by atoms with Crippen LogP contribution in [0.4, 0.5) is 5.69 Å². The van der Waals surface area contributed by atoms with E-state index in [4.69, 9.17) is 9.47 Å². The van der Waals surface area contributed by atoms with Crippen molar-refractivity contribution in [3.63, 3.8) is 0 Å². The van der Waals surface area contributed by atoms with Crippen molar-refractivity contribution in [2.45, 2.75) is 0 Å². The number of thioether (sulfide) groups is 1. The molecule has 1 saturated heterocycles. The Balaban J connectivity index is 1.90. The summed E-state index contributed by atoms with van der Waals surface area (Å²) < 4.78 is 10.7. The van der Waals surface area contributed by atoms with Crippen LogP contribution in [0.2, 0.25) is 0 Å². The number of methoxy groups -OCH3 is 2. The maximum absolute atomic E-state index is 12.2. The second-order valence-corrected chi connectivity index (χ2v) is 6.11. The highest BCUT2D eigenvalue weighted by Crippen LogP contribution is 2.35. The summed E-state index contributed by atoms with van der Waals surface area (Å²) in [4.78, 5) is 17.0. The molecule has 0 unspecified atom stereocenters. The molecule has 3 rings (SSSR count). The van der Waals surface area contributed by atoms with Crippen molar-refractivity contribution >= 4 is 34.6 Å². The summed E-state index contributed by atoms with van der Waals surface area (Å²) in [6, 6.07) is 12.0. The van der Waals surface area contributed by atoms with Crippen LogP contribution in [-0.4, -0.2) is 30.4 Å². The topological polar surface area (TPSA) is 80.2 Å². The molecule has 0 aromatic heterocycles. The van der Waals surface area contributed by atoms with Gasteiger partial charge in [-0.1, -0.05) is 18.2 Å². The van der Waals surface area contributed by atoms with Gasteiger partial charge in [-0.3, -0.25) is 4.79 Å². The third kappa shape index (κ3) is 3.77. The molecule has 0 bridgehead atoms. The number of ether oxygens (including phenoxy) is 2. The minimum absolute atomic E-state index is 0.119. The number of phenolic OH excluding ortho intramolecular Hbond substituents is 1. The number of hydrogen-bond acceptors (Lipinski definition) is 6. The summed E-state index contributed by atoms with van der Waals surface area (Å²) in [5.41, 5.74) is 1.29. The van der Waals surface area contributed by atoms with E-state index < -0.39 is 0 Å². The molecular formula is C18H16N2O4S. The standard InChI is InChI=1S/C18H16N2O4S/c1-23-14-8-3-5-11(16(14)24-2)9-15-17(22)20-18(25-15)19-12-6-4-7-13(21)10-12/h3-10,21H,1-2H3,(H,19,20,22)/b15-9-. The molecule has 1 aliphatic heterocycles. The number of carbonyl (C=O) groups excluding carboxylic acids is 1. The lowest BCUT2D eigenvalue weighted by molar-refractivity contribution is -0.115. The first-order valence-electron chi connectivity index (χ1n) is 7.40. The Bertz CT molecular complexity index is 877. The summed E-state index contributed by atoms with van der Waals surface area (Å²) in [6.07, 6.45) is 1.73. The van der Waals surface area contributed by atoms with Gasteiger partial charge < -0.3 is 19.9 Å². The van der Waals surface area contributed by atoms with E-state index in [0.717, 1.165) is 5.56 Å². The zero-order valence-electron chi connectivity index (χ0n) is 13.6. The fourth-order valence-corrected chi connectivity index (χ4v) is 3.16. The third-order valence-electron chi connectivity index (χ3n) is 3.43. The van der Waals surface area contributed by atoms with Crippen molar-refractivity contribution in [2.24, 2.45) is 4.99 Å². The molecule has 0 radical (unpaired) electrons. The summed E-state index contributed by atoms with van der Waals surface area (Å²) in [5, 5.41) is 12.7. The lowest BCUT2D eigenvalue weighted by Gasteiger charge is -2.10. The van der Waals surface area contributed by atoms with Gasteiger partial charge in [0.1, 0.15) is 5.75 Å². The summed E-state index contributed by atoms with van der Waals surface area (Å²) in [6.45, 7) is 0. The Kier molecular flexibility index (Phi) is 4.95. The minimum Gasteiger partial charge on any atom is -0.508 e. The highest BCUT2D eigenvalue weighted by molar-refractivity contribution is 8.18. The first-order chi connectivity index (χ1) is 12.1. The van der Waals surface area contributed by atoms with Crippen LogP contribution in [0.15, 0.2) is 52.4 Å². The first-order valence-corrected chi connectivity index (χ1v) is 8.22. The molecule has 2 aromatic carbocycles. The zero-order valence-corrected chi connectivity index (χ0v) is 14.5. The van der Waals surface area contributed by atoms with E-state index in [2.05, 4.69) is 10.3 Å². The molecule has 25 heavy (non-hydrogen) atoms. The normalized spacial score (nSPS) is 17.0. The number of nitrogens with one attached hydrogen (secondary N) is 1. The number of nitrogens with zero attached hydrogens (tertiary/aromatic N) is 1. The van der Waals surface area contributed by atoms with Crippen molar-refractivity contribution in [1.29, 1.82) is 0 Å². The largest absolute Gasteiger partial charge is 0.508 e. The SMILES string of the molecule is COc1cccc(/C=C2\SC(=Nc3cccc(O)c3)NC2=O)c1OC. The third-order valence-corrected chi connectivity index (χ3v) is 4.34. The maximum atomic E-state index is 12.2. The van der Waals surface area contributed by atoms with E-state index >= 15 is 0 Å². The summed E-state index contributed by atoms with van der Waals surface area (Å²) in [7, 11) is 3.11. The highest BCUT2D eigenvalue weighted by atomic mass is 32.2. The van der Waals surface area contributed by atoms with Crippen molar-refractivity contribution in [2.75, 3.05) is 14.2 Å². The van der Waals surface area contributed by atoms with Gasteiger partial charge in [0.2, 0.25) is 0 Å². The van der Waals surface area contributed by atoms with Gasteiger partial charge >= 0.3 is 0 Å². The van der Waals surface area contributed by atoms with Gasteiger partial charge in [0.25, 0.3) is 5.91 Å². The van der Waals surface area contributed by atoms with E-state index in [1.54, 1.807) is 44.6 Å². The summed E-state index contributed by atoms with van der Waals surface area (Å²) in [5.74, 6) is 1.03. The molecule has 1 amide bonds. The smallest absolute Gasteiger partial charge is 0.264 e. The lowest BCUT2D eigenvalue weighted by atomic mass is 10.1. The van der Waals surface area contributed by atoms with Crippen LogP contribution in [0.25, 0.3) is 6.08 Å². The van der Waals surface area contributed by atoms with Crippen molar-refractivity contribution in [1.82, 2.24) is 5.32 Å². The van der Waals surface area contributed by atoms with Crippen LogP contribution in [0.1, 0.15) is 5.56 Å². The average Bonchev–Trinajstić information content (AvgIpc) is 2.93. The van der Waals surface area contributed by atoms with Gasteiger partial charge in [-0.05, 0) is 36.0 Å². The molecule has 1 heterocycles. The van der Waals surface area contributed by atoms with E-state index in [0.29, 0.717) is 27.3 Å². The number of carbonyl (C=O) groups is 1. The van der Waals surface area contributed by atoms with Gasteiger partial charge in [-0.2, -0.15) is 0 Å². The molecule has 2 aromatic rings. The number of aliphatic imine (C=N–C) groups is 1. The molecule has 0 aliphatic carbocycles. The van der Waals surface area contributed by atoms with Gasteiger partial charge in [0.05, 0.1) is 24.8 Å². The molecule has 2 N–H and O–H groups in total. The van der Waals surface area contributed by atoms with Crippen LogP contribution in [-0.2, 0) is 4.79 Å². The van der Waals surface area contributed by atoms with Crippen LogP contribution in [0.5, 0.6) is 17.2 Å². The van der Waals surface area contributed by atoms with Crippen molar-refractivity contribution in [3.05, 3.63) is 52.9 Å². The first kappa shape index (κ1) is 16.9. The molecular weight excluding hydrogens is 340 g/mol. The Morgan fingerprint density at radius 3 is 2.68 bits per heavy atom. The number of amidine groups is 1. The van der Waals surface area contributed by atoms with E-state index in [1.807, 2.05) is 12.1 Å². The lowest BCUT2D eigenvalue weighted by Crippen LogP contribution is -2.19. The van der Waals surface area contributed by atoms with Gasteiger partial charge in [-0.25, -0.2) is 4.99 Å². The molecule has 0 atom stereocenters. The number of amides is 1. The van der Waals surface area contributed by atoms with Crippen LogP contribution in [0.3, 0.4) is 0 Å². The Morgan fingerprint density at radius 1 is 1.16 bits per heavy atom. The fraction of sp³-hybridized carbons (Fsp3) is 0.111. The van der Waals surface area contributed by atoms with E-state index in [-0.39, 0.29) is 11.7 Å². The van der Waals surface area contributed by atoms with Crippen LogP contribution < -0.4 is 14.8 Å².